The summed E-state index contributed by atoms with van der Waals surface area (Å²) in [7, 11) is 0. The second-order valence-corrected chi connectivity index (χ2v) is 15.2. The van der Waals surface area contributed by atoms with Gasteiger partial charge in [0.2, 0.25) is 0 Å². The van der Waals surface area contributed by atoms with E-state index in [9.17, 15) is 0 Å². The molecule has 2 aliphatic carbocycles. The van der Waals surface area contributed by atoms with Crippen molar-refractivity contribution in [3.8, 4) is 0 Å². The second-order valence-electron chi connectivity index (χ2n) is 8.40. The molecule has 0 saturated carbocycles. The van der Waals surface area contributed by atoms with Crippen molar-refractivity contribution in [3.05, 3.63) is 118 Å². The molecular formula is C27H28Cl2Hf. The third-order valence-corrected chi connectivity index (χ3v) is 13.3. The normalized spacial score (nSPS) is 18.2. The summed E-state index contributed by atoms with van der Waals surface area (Å²) in [6.07, 6.45) is 10.3. The van der Waals surface area contributed by atoms with Crippen LogP contribution < -0.4 is 24.8 Å². The minimum absolute atomic E-state index is 0. The van der Waals surface area contributed by atoms with Crippen LogP contribution in [-0.2, 0) is 29.2 Å². The minimum atomic E-state index is -1.37. The van der Waals surface area contributed by atoms with Crippen LogP contribution in [0.2, 0.25) is 0 Å². The van der Waals surface area contributed by atoms with Crippen LogP contribution in [-0.4, -0.2) is 0 Å². The summed E-state index contributed by atoms with van der Waals surface area (Å²) in [5.74, 6) is 0. The summed E-state index contributed by atoms with van der Waals surface area (Å²) in [5.41, 5.74) is 10.0. The van der Waals surface area contributed by atoms with Gasteiger partial charge in [0.25, 0.3) is 0 Å². The van der Waals surface area contributed by atoms with Crippen molar-refractivity contribution in [2.75, 3.05) is 0 Å². The fourth-order valence-corrected chi connectivity index (χ4v) is 13.3. The molecule has 0 saturated heterocycles. The standard InChI is InChI=1S/C14H15.C13H13.2ClH.Hf/c1-10-4-6-13(7-5-10)14-8-11(2)12(3)9-14;1-10-8-13(9-11(10)2)12-6-4-3-5-7-12;;;/h4-9H,1-3H3;3-9H,1-2H3;2*1H;/q;;;;+2/p-2. The predicted octanol–water partition coefficient (Wildman–Crippen LogP) is 0.989. The quantitative estimate of drug-likeness (QED) is 0.459. The van der Waals surface area contributed by atoms with Crippen LogP contribution in [0.1, 0.15) is 44.4 Å². The van der Waals surface area contributed by atoms with Crippen LogP contribution in [0.5, 0.6) is 0 Å². The monoisotopic (exact) mass is 602 g/mol. The number of benzene rings is 2. The van der Waals surface area contributed by atoms with Crippen LogP contribution in [0.4, 0.5) is 0 Å². The molecule has 0 spiro atoms. The van der Waals surface area contributed by atoms with Crippen LogP contribution in [0.15, 0.2) is 101 Å². The van der Waals surface area contributed by atoms with E-state index in [-0.39, 0.29) is 31.2 Å². The second kappa shape index (κ2) is 9.55. The fourth-order valence-electron chi connectivity index (χ4n) is 4.41. The zero-order valence-corrected chi connectivity index (χ0v) is 23.4. The largest absolute Gasteiger partial charge is 1.00 e. The maximum atomic E-state index is 2.57. The molecule has 2 aromatic rings. The van der Waals surface area contributed by atoms with E-state index in [1.165, 1.54) is 39.0 Å². The van der Waals surface area contributed by atoms with Gasteiger partial charge in [0.15, 0.2) is 0 Å². The van der Waals surface area contributed by atoms with Crippen molar-refractivity contribution in [1.82, 2.24) is 0 Å². The molecule has 0 aliphatic heterocycles. The number of aryl methyl sites for hydroxylation is 1. The molecule has 0 nitrogen and oxygen atoms in total. The van der Waals surface area contributed by atoms with E-state index in [2.05, 4.69) is 114 Å². The predicted molar refractivity (Wildman–Crippen MR) is 116 cm³/mol. The van der Waals surface area contributed by atoms with Gasteiger partial charge in [0.1, 0.15) is 0 Å². The van der Waals surface area contributed by atoms with Crippen molar-refractivity contribution in [2.45, 2.75) is 41.0 Å². The Morgan fingerprint density at radius 2 is 0.867 bits per heavy atom. The Morgan fingerprint density at radius 3 is 1.27 bits per heavy atom. The van der Waals surface area contributed by atoms with Gasteiger partial charge >= 0.3 is 182 Å². The number of halogens is 2. The van der Waals surface area contributed by atoms with E-state index in [1.54, 1.807) is 0 Å². The maximum Gasteiger partial charge on any atom is -1.00 e. The summed E-state index contributed by atoms with van der Waals surface area (Å²) < 4.78 is 0.216. The van der Waals surface area contributed by atoms with Gasteiger partial charge in [-0.25, -0.2) is 0 Å². The summed E-state index contributed by atoms with van der Waals surface area (Å²) in [4.78, 5) is 0. The van der Waals surface area contributed by atoms with Crippen molar-refractivity contribution in [1.29, 1.82) is 0 Å². The molecule has 0 fully saturated rings. The summed E-state index contributed by atoms with van der Waals surface area (Å²) >= 11 is -1.37. The molecule has 2 aromatic carbocycles. The topological polar surface area (TPSA) is 0 Å². The molecule has 154 valence electrons. The van der Waals surface area contributed by atoms with Gasteiger partial charge in [0.05, 0.1) is 0 Å². The first-order chi connectivity index (χ1) is 13.3. The molecule has 0 unspecified atom stereocenters. The van der Waals surface area contributed by atoms with Gasteiger partial charge in [-0.1, -0.05) is 0 Å². The SMILES string of the molecule is CC1=C[C]([Hf+2][C]2(c3ccc(C)cc3)C=C(C)C(C)=C2)(c2ccccc2)C=C1C.[Cl-].[Cl-]. The maximum absolute atomic E-state index is 2.57. The van der Waals surface area contributed by atoms with E-state index in [0.29, 0.717) is 0 Å². The molecule has 0 aromatic heterocycles. The third-order valence-electron chi connectivity index (χ3n) is 6.22. The Bertz CT molecular complexity index is 988. The molecular weight excluding hydrogens is 574 g/mol. The van der Waals surface area contributed by atoms with Crippen LogP contribution in [0.3, 0.4) is 0 Å². The average Bonchev–Trinajstić information content (AvgIpc) is 3.12. The Kier molecular flexibility index (Phi) is 8.00. The van der Waals surface area contributed by atoms with Crippen LogP contribution >= 0.6 is 0 Å². The van der Waals surface area contributed by atoms with Gasteiger partial charge in [-0.2, -0.15) is 0 Å². The Labute approximate surface area is 205 Å². The molecule has 4 rings (SSSR count). The zero-order chi connectivity index (χ0) is 19.9. The van der Waals surface area contributed by atoms with E-state index in [4.69, 9.17) is 0 Å². The van der Waals surface area contributed by atoms with Crippen molar-refractivity contribution in [3.63, 3.8) is 0 Å². The fraction of sp³-hybridized carbons (Fsp3) is 0.259. The van der Waals surface area contributed by atoms with Gasteiger partial charge in [-0.3, -0.25) is 0 Å². The Hall–Kier alpha value is -1.15. The van der Waals surface area contributed by atoms with Crippen molar-refractivity contribution in [2.24, 2.45) is 0 Å². The molecule has 0 bridgehead atoms. The first-order valence-electron chi connectivity index (χ1n) is 10.0. The van der Waals surface area contributed by atoms with Crippen molar-refractivity contribution >= 4 is 0 Å². The van der Waals surface area contributed by atoms with E-state index in [1.807, 2.05) is 0 Å². The number of hydrogen-bond donors (Lipinski definition) is 0. The van der Waals surface area contributed by atoms with E-state index < -0.39 is 22.9 Å². The number of rotatable bonds is 4. The Balaban J connectivity index is 0.00000160. The third kappa shape index (κ3) is 4.54. The molecule has 0 radical (unpaired) electrons. The molecule has 0 amide bonds. The van der Waals surface area contributed by atoms with Crippen LogP contribution in [0.25, 0.3) is 0 Å². The smallest absolute Gasteiger partial charge is 1.00 e. The number of allylic oxidation sites excluding steroid dienone is 8. The molecule has 30 heavy (non-hydrogen) atoms. The number of hydrogen-bond acceptors (Lipinski definition) is 0. The average molecular weight is 602 g/mol. The summed E-state index contributed by atoms with van der Waals surface area (Å²) in [6.45, 7) is 11.3. The van der Waals surface area contributed by atoms with E-state index in [0.717, 1.165) is 0 Å². The first-order valence-corrected chi connectivity index (χ1v) is 13.6. The van der Waals surface area contributed by atoms with Gasteiger partial charge in [-0.15, -0.1) is 0 Å². The summed E-state index contributed by atoms with van der Waals surface area (Å²) in [6, 6.07) is 20.5. The zero-order valence-electron chi connectivity index (χ0n) is 18.3. The minimum Gasteiger partial charge on any atom is -1.00 e. The van der Waals surface area contributed by atoms with Gasteiger partial charge in [-0.05, 0) is 0 Å². The molecule has 2 aliphatic rings. The molecule has 0 N–H and O–H groups in total. The van der Waals surface area contributed by atoms with Crippen molar-refractivity contribution < 1.29 is 47.7 Å². The van der Waals surface area contributed by atoms with Gasteiger partial charge < -0.3 is 24.8 Å². The Morgan fingerprint density at radius 1 is 0.500 bits per heavy atom. The van der Waals surface area contributed by atoms with Gasteiger partial charge in [0, 0.05) is 0 Å². The van der Waals surface area contributed by atoms with E-state index >= 15 is 0 Å². The summed E-state index contributed by atoms with van der Waals surface area (Å²) in [5, 5.41) is 0. The molecule has 0 heterocycles. The first kappa shape index (κ1) is 25.1. The molecule has 0 atom stereocenters. The van der Waals surface area contributed by atoms with Crippen LogP contribution in [0, 0.1) is 6.92 Å². The molecule has 3 heteroatoms.